The van der Waals surface area contributed by atoms with Crippen LogP contribution in [-0.2, 0) is 9.53 Å². The molecule has 1 saturated heterocycles. The first-order chi connectivity index (χ1) is 17.1. The van der Waals surface area contributed by atoms with Gasteiger partial charge in [-0.2, -0.15) is 8.78 Å². The van der Waals surface area contributed by atoms with Gasteiger partial charge in [0, 0.05) is 43.5 Å². The highest BCUT2D eigenvalue weighted by atomic mass is 35.5. The largest absolute Gasteiger partial charge is 0.481 e. The fourth-order valence-corrected chi connectivity index (χ4v) is 6.15. The summed E-state index contributed by atoms with van der Waals surface area (Å²) in [5.41, 5.74) is 0.421. The summed E-state index contributed by atoms with van der Waals surface area (Å²) < 4.78 is 36.6. The lowest BCUT2D eigenvalue weighted by atomic mass is 9.81. The van der Waals surface area contributed by atoms with E-state index in [9.17, 15) is 23.2 Å². The number of benzene rings is 1. The Labute approximate surface area is 214 Å². The number of hydrogen-bond donors (Lipinski definition) is 0. The topological polar surface area (TPSA) is 76.2 Å². The van der Waals surface area contributed by atoms with Gasteiger partial charge < -0.3 is 19.3 Å². The number of amides is 2. The third-order valence-electron chi connectivity index (χ3n) is 7.95. The van der Waals surface area contributed by atoms with Gasteiger partial charge in [0.2, 0.25) is 0 Å². The van der Waals surface area contributed by atoms with Crippen LogP contribution < -0.4 is 4.74 Å². The van der Waals surface area contributed by atoms with Crippen LogP contribution in [0.1, 0.15) is 68.6 Å². The molecule has 3 fully saturated rings. The van der Waals surface area contributed by atoms with Crippen molar-refractivity contribution >= 4 is 29.2 Å². The van der Waals surface area contributed by atoms with Crippen molar-refractivity contribution < 1.29 is 32.6 Å². The van der Waals surface area contributed by atoms with E-state index in [1.807, 2.05) is 4.90 Å². The highest BCUT2D eigenvalue weighted by molar-refractivity contribution is 6.31. The van der Waals surface area contributed by atoms with E-state index in [1.165, 1.54) is 0 Å². The van der Waals surface area contributed by atoms with Crippen molar-refractivity contribution in [3.8, 4) is 5.75 Å². The molecule has 0 unspecified atom stereocenters. The molecule has 2 aliphatic carbocycles. The quantitative estimate of drug-likeness (QED) is 0.496. The lowest BCUT2D eigenvalue weighted by molar-refractivity contribution is -0.267. The number of ketones is 2. The first-order valence-corrected chi connectivity index (χ1v) is 13.1. The Balaban J connectivity index is 1.07. The second-order valence-electron chi connectivity index (χ2n) is 10.6. The van der Waals surface area contributed by atoms with Crippen molar-refractivity contribution in [2.24, 2.45) is 5.92 Å². The smallest absolute Gasteiger partial charge is 0.353 e. The van der Waals surface area contributed by atoms with Crippen LogP contribution in [0.2, 0.25) is 5.02 Å². The molecule has 2 heterocycles. The molecule has 1 aromatic rings. The molecule has 1 atom stereocenters. The van der Waals surface area contributed by atoms with Crippen molar-refractivity contribution in [1.29, 1.82) is 0 Å². The fraction of sp³-hybridized carbons (Fsp3) is 0.654. The standard InChI is InChI=1S/C26H31ClF2N2O5/c1-26(28,29)36-19-12-18(13-19)31-9-8-30(25(31)34)17-5-2-15(3-6-17)10-22(33)24-14-21(32)20-11-16(27)4-7-23(20)35-24/h4,7,11,15,17-19,24H,2-3,5-6,8-10,12-14H2,1H3/t15?,17?,18?,19?,24-/m1/s1. The lowest BCUT2D eigenvalue weighted by Crippen LogP contribution is -2.51. The number of Topliss-reactive ketones (excluding diaryl/α,β-unsaturated/α-hetero) is 2. The van der Waals surface area contributed by atoms with E-state index in [1.54, 1.807) is 23.1 Å². The predicted molar refractivity (Wildman–Crippen MR) is 128 cm³/mol. The molecule has 0 radical (unpaired) electrons. The molecule has 5 rings (SSSR count). The van der Waals surface area contributed by atoms with Crippen LogP contribution in [0, 0.1) is 5.92 Å². The summed E-state index contributed by atoms with van der Waals surface area (Å²) in [5.74, 6) is 0.414. The Morgan fingerprint density at radius 2 is 1.78 bits per heavy atom. The number of rotatable bonds is 7. The zero-order valence-corrected chi connectivity index (χ0v) is 21.0. The zero-order chi connectivity index (χ0) is 25.6. The predicted octanol–water partition coefficient (Wildman–Crippen LogP) is 5.09. The maximum absolute atomic E-state index is 13.0. The second kappa shape index (κ2) is 9.89. The molecule has 4 aliphatic rings. The molecule has 7 nitrogen and oxygen atoms in total. The minimum Gasteiger partial charge on any atom is -0.481 e. The molecular formula is C26H31ClF2N2O5. The number of halogens is 3. The Hall–Kier alpha value is -2.26. The van der Waals surface area contributed by atoms with Crippen LogP contribution in [0.15, 0.2) is 18.2 Å². The summed E-state index contributed by atoms with van der Waals surface area (Å²) in [6, 6.07) is 4.92. The molecule has 0 bridgehead atoms. The van der Waals surface area contributed by atoms with Crippen molar-refractivity contribution in [3.63, 3.8) is 0 Å². The van der Waals surface area contributed by atoms with Gasteiger partial charge >= 0.3 is 12.1 Å². The minimum absolute atomic E-state index is 0.0193. The van der Waals surface area contributed by atoms with E-state index in [2.05, 4.69) is 0 Å². The second-order valence-corrected chi connectivity index (χ2v) is 11.0. The van der Waals surface area contributed by atoms with Gasteiger partial charge in [-0.25, -0.2) is 4.79 Å². The van der Waals surface area contributed by atoms with E-state index in [0.29, 0.717) is 48.7 Å². The highest BCUT2D eigenvalue weighted by Crippen LogP contribution is 2.37. The summed E-state index contributed by atoms with van der Waals surface area (Å²) in [4.78, 5) is 42.1. The third kappa shape index (κ3) is 5.37. The van der Waals surface area contributed by atoms with Crippen LogP contribution in [0.3, 0.4) is 0 Å². The number of ether oxygens (including phenoxy) is 2. The van der Waals surface area contributed by atoms with Gasteiger partial charge in [-0.15, -0.1) is 0 Å². The molecule has 1 aromatic carbocycles. The van der Waals surface area contributed by atoms with Gasteiger partial charge in [0.15, 0.2) is 17.7 Å². The molecule has 0 spiro atoms. The van der Waals surface area contributed by atoms with Gasteiger partial charge in [0.05, 0.1) is 18.1 Å². The van der Waals surface area contributed by atoms with Crippen molar-refractivity contribution in [1.82, 2.24) is 9.80 Å². The Kier molecular flexibility index (Phi) is 6.98. The number of hydrogen-bond acceptors (Lipinski definition) is 5. The molecule has 0 aromatic heterocycles. The van der Waals surface area contributed by atoms with Crippen LogP contribution in [-0.4, -0.2) is 70.9 Å². The van der Waals surface area contributed by atoms with E-state index in [4.69, 9.17) is 21.1 Å². The van der Waals surface area contributed by atoms with Crippen LogP contribution >= 0.6 is 11.6 Å². The number of carbonyl (C=O) groups excluding carboxylic acids is 3. The zero-order valence-electron chi connectivity index (χ0n) is 20.3. The molecule has 36 heavy (non-hydrogen) atoms. The van der Waals surface area contributed by atoms with Gasteiger partial charge in [-0.1, -0.05) is 11.6 Å². The normalized spacial score (nSPS) is 30.6. The average molecular weight is 525 g/mol. The van der Waals surface area contributed by atoms with Gasteiger partial charge in [-0.05, 0) is 62.6 Å². The average Bonchev–Trinajstić information content (AvgIpc) is 3.17. The van der Waals surface area contributed by atoms with Crippen LogP contribution in [0.5, 0.6) is 5.75 Å². The van der Waals surface area contributed by atoms with Crippen molar-refractivity contribution in [3.05, 3.63) is 28.8 Å². The first-order valence-electron chi connectivity index (χ1n) is 12.7. The SMILES string of the molecule is CC(F)(F)OC1CC(N2CCN(C3CCC(CC(=O)[C@H]4CC(=O)c5cc(Cl)ccc5O4)CC3)C2=O)C1. The summed E-state index contributed by atoms with van der Waals surface area (Å²) in [6.07, 6.45) is 0.178. The van der Waals surface area contributed by atoms with Gasteiger partial charge in [-0.3, -0.25) is 9.59 Å². The summed E-state index contributed by atoms with van der Waals surface area (Å²) in [7, 11) is 0. The monoisotopic (exact) mass is 524 g/mol. The van der Waals surface area contributed by atoms with Crippen LogP contribution in [0.25, 0.3) is 0 Å². The van der Waals surface area contributed by atoms with E-state index in [0.717, 1.165) is 32.6 Å². The van der Waals surface area contributed by atoms with E-state index >= 15 is 0 Å². The van der Waals surface area contributed by atoms with Gasteiger partial charge in [0.1, 0.15) is 5.75 Å². The van der Waals surface area contributed by atoms with Crippen LogP contribution in [0.4, 0.5) is 13.6 Å². The maximum atomic E-state index is 13.0. The number of carbonyl (C=O) groups is 3. The third-order valence-corrected chi connectivity index (χ3v) is 8.18. The first kappa shape index (κ1) is 25.4. The lowest BCUT2D eigenvalue weighted by Gasteiger charge is -2.42. The van der Waals surface area contributed by atoms with Gasteiger partial charge in [0.25, 0.3) is 0 Å². The fourth-order valence-electron chi connectivity index (χ4n) is 5.98. The molecule has 2 saturated carbocycles. The summed E-state index contributed by atoms with van der Waals surface area (Å²) in [5, 5.41) is 0.457. The van der Waals surface area contributed by atoms with E-state index < -0.39 is 18.3 Å². The summed E-state index contributed by atoms with van der Waals surface area (Å²) in [6.45, 7) is 1.99. The molecule has 10 heteroatoms. The minimum atomic E-state index is -3.14. The summed E-state index contributed by atoms with van der Waals surface area (Å²) >= 11 is 5.97. The number of alkyl halides is 2. The number of fused-ring (bicyclic) bond motifs is 1. The molecular weight excluding hydrogens is 494 g/mol. The highest BCUT2D eigenvalue weighted by Gasteiger charge is 2.45. The maximum Gasteiger partial charge on any atom is 0.353 e. The van der Waals surface area contributed by atoms with E-state index in [-0.39, 0.29) is 42.0 Å². The number of urea groups is 1. The van der Waals surface area contributed by atoms with Crippen molar-refractivity contribution in [2.75, 3.05) is 13.1 Å². The molecule has 2 aliphatic heterocycles. The Morgan fingerprint density at radius 3 is 2.44 bits per heavy atom. The molecule has 0 N–H and O–H groups in total. The Morgan fingerprint density at radius 1 is 1.11 bits per heavy atom. The Bertz CT molecular complexity index is 1030. The number of nitrogens with zero attached hydrogens (tertiary/aromatic N) is 2. The molecule has 2 amide bonds. The van der Waals surface area contributed by atoms with Crippen molar-refractivity contribution in [2.45, 2.75) is 88.7 Å². The molecule has 196 valence electrons.